The van der Waals surface area contributed by atoms with Crippen molar-refractivity contribution in [3.63, 3.8) is 0 Å². The van der Waals surface area contributed by atoms with Crippen LogP contribution in [0.5, 0.6) is 0 Å². The Labute approximate surface area is 127 Å². The van der Waals surface area contributed by atoms with Crippen molar-refractivity contribution >= 4 is 11.9 Å². The molecule has 0 aliphatic carbocycles. The SMILES string of the molecule is CCC(CC)NC(=O)CN1C2CCC1CC(CC(=O)O)C2. The number of piperidine rings is 1. The van der Waals surface area contributed by atoms with E-state index in [1.807, 2.05) is 0 Å². The highest BCUT2D eigenvalue weighted by atomic mass is 16.4. The Morgan fingerprint density at radius 1 is 1.19 bits per heavy atom. The van der Waals surface area contributed by atoms with Crippen molar-refractivity contribution in [2.45, 2.75) is 76.9 Å². The number of hydrogen-bond acceptors (Lipinski definition) is 3. The van der Waals surface area contributed by atoms with E-state index in [1.165, 1.54) is 0 Å². The van der Waals surface area contributed by atoms with E-state index in [4.69, 9.17) is 5.11 Å². The van der Waals surface area contributed by atoms with Crippen molar-refractivity contribution in [3.05, 3.63) is 0 Å². The van der Waals surface area contributed by atoms with Crippen LogP contribution in [-0.2, 0) is 9.59 Å². The largest absolute Gasteiger partial charge is 0.481 e. The molecule has 2 atom stereocenters. The van der Waals surface area contributed by atoms with E-state index in [0.717, 1.165) is 38.5 Å². The third-order valence-electron chi connectivity index (χ3n) is 5.12. The quantitative estimate of drug-likeness (QED) is 0.754. The van der Waals surface area contributed by atoms with Gasteiger partial charge in [0.05, 0.1) is 6.54 Å². The molecule has 2 aliphatic heterocycles. The molecule has 0 saturated carbocycles. The molecular formula is C16H28N2O3. The molecule has 2 N–H and O–H groups in total. The molecule has 2 heterocycles. The van der Waals surface area contributed by atoms with E-state index >= 15 is 0 Å². The number of carbonyl (C=O) groups excluding carboxylic acids is 1. The first kappa shape index (κ1) is 16.3. The van der Waals surface area contributed by atoms with Gasteiger partial charge in [0, 0.05) is 24.5 Å². The number of nitrogens with zero attached hydrogens (tertiary/aromatic N) is 1. The first-order valence-electron chi connectivity index (χ1n) is 8.30. The van der Waals surface area contributed by atoms with Gasteiger partial charge in [-0.3, -0.25) is 14.5 Å². The summed E-state index contributed by atoms with van der Waals surface area (Å²) in [6.07, 6.45) is 6.30. The maximum Gasteiger partial charge on any atom is 0.303 e. The summed E-state index contributed by atoms with van der Waals surface area (Å²) in [4.78, 5) is 25.4. The minimum absolute atomic E-state index is 0.122. The van der Waals surface area contributed by atoms with Crippen molar-refractivity contribution in [1.29, 1.82) is 0 Å². The van der Waals surface area contributed by atoms with Crippen LogP contribution in [0.2, 0.25) is 0 Å². The number of rotatable bonds is 7. The summed E-state index contributed by atoms with van der Waals surface area (Å²) in [7, 11) is 0. The van der Waals surface area contributed by atoms with Crippen LogP contribution in [0.15, 0.2) is 0 Å². The molecule has 5 nitrogen and oxygen atoms in total. The standard InChI is InChI=1S/C16H28N2O3/c1-3-12(4-2)17-15(19)10-18-13-5-6-14(18)8-11(7-13)9-16(20)21/h11-14H,3-10H2,1-2H3,(H,17,19)(H,20,21). The van der Waals surface area contributed by atoms with Gasteiger partial charge in [0.2, 0.25) is 5.91 Å². The Balaban J connectivity index is 1.85. The number of aliphatic carboxylic acids is 1. The van der Waals surface area contributed by atoms with Gasteiger partial charge < -0.3 is 10.4 Å². The lowest BCUT2D eigenvalue weighted by atomic mass is 9.88. The Morgan fingerprint density at radius 3 is 2.24 bits per heavy atom. The summed E-state index contributed by atoms with van der Waals surface area (Å²) in [6.45, 7) is 4.66. The molecule has 1 amide bonds. The third kappa shape index (κ3) is 4.19. The van der Waals surface area contributed by atoms with E-state index in [-0.39, 0.29) is 18.4 Å². The van der Waals surface area contributed by atoms with Gasteiger partial charge in [0.25, 0.3) is 0 Å². The molecule has 0 spiro atoms. The Morgan fingerprint density at radius 2 is 1.76 bits per heavy atom. The van der Waals surface area contributed by atoms with Crippen molar-refractivity contribution < 1.29 is 14.7 Å². The Kier molecular flexibility index (Phi) is 5.62. The molecule has 2 fully saturated rings. The lowest BCUT2D eigenvalue weighted by Crippen LogP contribution is -2.49. The molecule has 0 aromatic rings. The highest BCUT2D eigenvalue weighted by Gasteiger charge is 2.41. The second-order valence-electron chi connectivity index (χ2n) is 6.57. The predicted molar refractivity (Wildman–Crippen MR) is 81.0 cm³/mol. The minimum atomic E-state index is -0.695. The number of carboxylic acid groups (broad SMARTS) is 1. The van der Waals surface area contributed by atoms with Crippen LogP contribution < -0.4 is 5.32 Å². The first-order valence-corrected chi connectivity index (χ1v) is 8.30. The molecule has 2 unspecified atom stereocenters. The smallest absolute Gasteiger partial charge is 0.303 e. The zero-order chi connectivity index (χ0) is 15.4. The zero-order valence-corrected chi connectivity index (χ0v) is 13.2. The number of carbonyl (C=O) groups is 2. The van der Waals surface area contributed by atoms with E-state index < -0.39 is 5.97 Å². The Bertz CT molecular complexity index is 368. The van der Waals surface area contributed by atoms with E-state index in [2.05, 4.69) is 24.1 Å². The number of carboxylic acids is 1. The van der Waals surface area contributed by atoms with Crippen molar-refractivity contribution in [2.75, 3.05) is 6.54 Å². The van der Waals surface area contributed by atoms with Gasteiger partial charge in [-0.05, 0) is 44.4 Å². The van der Waals surface area contributed by atoms with E-state index in [0.29, 0.717) is 24.5 Å². The van der Waals surface area contributed by atoms with Crippen molar-refractivity contribution in [1.82, 2.24) is 10.2 Å². The second kappa shape index (κ2) is 7.25. The summed E-state index contributed by atoms with van der Waals surface area (Å²) in [5.74, 6) is -0.282. The molecule has 0 radical (unpaired) electrons. The van der Waals surface area contributed by atoms with Crippen LogP contribution >= 0.6 is 0 Å². The fraction of sp³-hybridized carbons (Fsp3) is 0.875. The van der Waals surface area contributed by atoms with Gasteiger partial charge in [0.15, 0.2) is 0 Å². The summed E-state index contributed by atoms with van der Waals surface area (Å²) < 4.78 is 0. The highest BCUT2D eigenvalue weighted by Crippen LogP contribution is 2.39. The first-order chi connectivity index (χ1) is 10.0. The topological polar surface area (TPSA) is 69.6 Å². The van der Waals surface area contributed by atoms with Crippen LogP contribution in [0, 0.1) is 5.92 Å². The predicted octanol–water partition coefficient (Wildman–Crippen LogP) is 2.01. The molecule has 2 aliphatic rings. The van der Waals surface area contributed by atoms with Crippen LogP contribution in [0.1, 0.15) is 58.8 Å². The summed E-state index contributed by atoms with van der Waals surface area (Å²) in [6, 6.07) is 1.08. The minimum Gasteiger partial charge on any atom is -0.481 e. The fourth-order valence-corrected chi connectivity index (χ4v) is 3.99. The summed E-state index contributed by atoms with van der Waals surface area (Å²) in [5, 5.41) is 12.0. The number of fused-ring (bicyclic) bond motifs is 2. The third-order valence-corrected chi connectivity index (χ3v) is 5.12. The number of hydrogen-bond donors (Lipinski definition) is 2. The van der Waals surface area contributed by atoms with Gasteiger partial charge in [0.1, 0.15) is 0 Å². The maximum atomic E-state index is 12.2. The monoisotopic (exact) mass is 296 g/mol. The molecular weight excluding hydrogens is 268 g/mol. The van der Waals surface area contributed by atoms with Gasteiger partial charge in [-0.1, -0.05) is 13.8 Å². The van der Waals surface area contributed by atoms with Gasteiger partial charge >= 0.3 is 5.97 Å². The average Bonchev–Trinajstić information content (AvgIpc) is 2.67. The molecule has 2 rings (SSSR count). The fourth-order valence-electron chi connectivity index (χ4n) is 3.99. The van der Waals surface area contributed by atoms with E-state index in [9.17, 15) is 9.59 Å². The molecule has 5 heteroatoms. The van der Waals surface area contributed by atoms with Crippen LogP contribution in [0.3, 0.4) is 0 Å². The van der Waals surface area contributed by atoms with Crippen LogP contribution in [0.4, 0.5) is 0 Å². The maximum absolute atomic E-state index is 12.2. The van der Waals surface area contributed by atoms with Gasteiger partial charge in [-0.25, -0.2) is 0 Å². The lowest BCUT2D eigenvalue weighted by molar-refractivity contribution is -0.139. The zero-order valence-electron chi connectivity index (χ0n) is 13.2. The van der Waals surface area contributed by atoms with Crippen LogP contribution in [0.25, 0.3) is 0 Å². The van der Waals surface area contributed by atoms with Gasteiger partial charge in [-0.15, -0.1) is 0 Å². The number of amides is 1. The number of nitrogens with one attached hydrogen (secondary N) is 1. The molecule has 0 aromatic carbocycles. The lowest BCUT2D eigenvalue weighted by Gasteiger charge is -2.38. The molecule has 2 saturated heterocycles. The van der Waals surface area contributed by atoms with Gasteiger partial charge in [-0.2, -0.15) is 0 Å². The molecule has 0 aromatic heterocycles. The van der Waals surface area contributed by atoms with Crippen molar-refractivity contribution in [3.8, 4) is 0 Å². The van der Waals surface area contributed by atoms with Crippen molar-refractivity contribution in [2.24, 2.45) is 5.92 Å². The Hall–Kier alpha value is -1.10. The summed E-state index contributed by atoms with van der Waals surface area (Å²) >= 11 is 0. The summed E-state index contributed by atoms with van der Waals surface area (Å²) in [5.41, 5.74) is 0. The molecule has 120 valence electrons. The van der Waals surface area contributed by atoms with Crippen LogP contribution in [-0.4, -0.2) is 46.6 Å². The molecule has 2 bridgehead atoms. The highest BCUT2D eigenvalue weighted by molar-refractivity contribution is 5.78. The normalized spacial score (nSPS) is 28.8. The average molecular weight is 296 g/mol. The second-order valence-corrected chi connectivity index (χ2v) is 6.57. The molecule has 21 heavy (non-hydrogen) atoms. The van der Waals surface area contributed by atoms with E-state index in [1.54, 1.807) is 0 Å².